The molecule has 0 saturated carbocycles. The number of likely N-dealkylation sites (tertiary alicyclic amines) is 1. The summed E-state index contributed by atoms with van der Waals surface area (Å²) in [6.07, 6.45) is 4.83. The van der Waals surface area contributed by atoms with E-state index in [0.717, 1.165) is 18.6 Å². The smallest absolute Gasteiger partial charge is 0.253 e. The van der Waals surface area contributed by atoms with Crippen molar-refractivity contribution in [1.29, 1.82) is 0 Å². The molecule has 0 bridgehead atoms. The molecule has 4 rings (SSSR count). The second-order valence-corrected chi connectivity index (χ2v) is 7.13. The minimum atomic E-state index is -0.185. The van der Waals surface area contributed by atoms with E-state index in [4.69, 9.17) is 4.74 Å². The summed E-state index contributed by atoms with van der Waals surface area (Å²) in [6, 6.07) is 20.1. The Morgan fingerprint density at radius 1 is 0.862 bits per heavy atom. The molecule has 146 valence electrons. The van der Waals surface area contributed by atoms with Crippen LogP contribution in [0.2, 0.25) is 0 Å². The Labute approximate surface area is 170 Å². The molecule has 1 aromatic heterocycles. The molecule has 1 fully saturated rings. The zero-order valence-electron chi connectivity index (χ0n) is 16.0. The number of benzene rings is 2. The fourth-order valence-electron chi connectivity index (χ4n) is 3.60. The highest BCUT2D eigenvalue weighted by Gasteiger charge is 2.29. The van der Waals surface area contributed by atoms with Crippen molar-refractivity contribution in [3.63, 3.8) is 0 Å². The van der Waals surface area contributed by atoms with Gasteiger partial charge >= 0.3 is 0 Å². The second kappa shape index (κ2) is 8.69. The molecular weight excluding hydrogens is 364 g/mol. The number of carbonyl (C=O) groups is 2. The zero-order valence-corrected chi connectivity index (χ0v) is 16.0. The predicted octanol–water partition coefficient (Wildman–Crippen LogP) is 4.61. The minimum Gasteiger partial charge on any atom is -0.457 e. The highest BCUT2D eigenvalue weighted by Crippen LogP contribution is 2.25. The van der Waals surface area contributed by atoms with Crippen molar-refractivity contribution in [1.82, 2.24) is 9.88 Å². The number of hydrogen-bond acceptors (Lipinski definition) is 4. The molecule has 5 heteroatoms. The van der Waals surface area contributed by atoms with E-state index in [-0.39, 0.29) is 17.6 Å². The first kappa shape index (κ1) is 18.9. The molecule has 1 saturated heterocycles. The van der Waals surface area contributed by atoms with Crippen molar-refractivity contribution in [2.24, 2.45) is 5.92 Å². The molecule has 1 amide bonds. The molecule has 1 unspecified atom stereocenters. The largest absolute Gasteiger partial charge is 0.457 e. The molecule has 0 spiro atoms. The maximum Gasteiger partial charge on any atom is 0.253 e. The standard InChI is InChI=1S/C24H22N2O3/c27-23(18-8-10-22(11-9-18)29-21-6-2-1-3-7-21)20-5-4-16-26(17-20)24(28)19-12-14-25-15-13-19/h1-3,6-15,20H,4-5,16-17H2. The lowest BCUT2D eigenvalue weighted by atomic mass is 9.89. The average Bonchev–Trinajstić information content (AvgIpc) is 2.80. The zero-order chi connectivity index (χ0) is 20.1. The Bertz CT molecular complexity index is 972. The summed E-state index contributed by atoms with van der Waals surface area (Å²) in [7, 11) is 0. The number of piperidine rings is 1. The SMILES string of the molecule is O=C(c1ccc(Oc2ccccc2)cc1)C1CCCN(C(=O)c2ccncc2)C1. The van der Waals surface area contributed by atoms with Crippen LogP contribution in [0.1, 0.15) is 33.6 Å². The van der Waals surface area contributed by atoms with Gasteiger partial charge in [-0.2, -0.15) is 0 Å². The molecular formula is C24H22N2O3. The molecule has 2 aromatic carbocycles. The third kappa shape index (κ3) is 4.51. The van der Waals surface area contributed by atoms with Crippen molar-refractivity contribution >= 4 is 11.7 Å². The third-order valence-corrected chi connectivity index (χ3v) is 5.12. The normalized spacial score (nSPS) is 16.3. The summed E-state index contributed by atoms with van der Waals surface area (Å²) in [5.74, 6) is 1.28. The van der Waals surface area contributed by atoms with Gasteiger partial charge in [-0.25, -0.2) is 0 Å². The molecule has 1 aliphatic heterocycles. The number of hydrogen-bond donors (Lipinski definition) is 0. The summed E-state index contributed by atoms with van der Waals surface area (Å²) in [6.45, 7) is 1.12. The van der Waals surface area contributed by atoms with Gasteiger partial charge in [0.25, 0.3) is 5.91 Å². The van der Waals surface area contributed by atoms with Crippen LogP contribution >= 0.6 is 0 Å². The van der Waals surface area contributed by atoms with E-state index in [9.17, 15) is 9.59 Å². The topological polar surface area (TPSA) is 59.5 Å². The van der Waals surface area contributed by atoms with Crippen LogP contribution in [0, 0.1) is 5.92 Å². The molecule has 0 aliphatic carbocycles. The molecule has 0 N–H and O–H groups in total. The van der Waals surface area contributed by atoms with E-state index in [1.54, 1.807) is 41.6 Å². The molecule has 5 nitrogen and oxygen atoms in total. The fraction of sp³-hybridized carbons (Fsp3) is 0.208. The molecule has 3 aromatic rings. The number of carbonyl (C=O) groups excluding carboxylic acids is 2. The number of amides is 1. The quantitative estimate of drug-likeness (QED) is 0.601. The Balaban J connectivity index is 1.41. The Morgan fingerprint density at radius 2 is 1.55 bits per heavy atom. The van der Waals surface area contributed by atoms with Gasteiger partial charge in [-0.15, -0.1) is 0 Å². The Kier molecular flexibility index (Phi) is 5.66. The lowest BCUT2D eigenvalue weighted by molar-refractivity contribution is 0.0637. The number of ketones is 1. The number of pyridine rings is 1. The highest BCUT2D eigenvalue weighted by molar-refractivity contribution is 5.99. The van der Waals surface area contributed by atoms with E-state index in [1.807, 2.05) is 42.5 Å². The lowest BCUT2D eigenvalue weighted by Gasteiger charge is -2.32. The molecule has 0 radical (unpaired) electrons. The molecule has 1 aliphatic rings. The van der Waals surface area contributed by atoms with Crippen molar-refractivity contribution in [3.05, 3.63) is 90.3 Å². The van der Waals surface area contributed by atoms with Crippen molar-refractivity contribution in [2.75, 3.05) is 13.1 Å². The van der Waals surface area contributed by atoms with E-state index in [0.29, 0.717) is 30.0 Å². The van der Waals surface area contributed by atoms with Crippen LogP contribution in [0.3, 0.4) is 0 Å². The van der Waals surface area contributed by atoms with Gasteiger partial charge in [0.1, 0.15) is 11.5 Å². The van der Waals surface area contributed by atoms with Crippen LogP contribution in [0.15, 0.2) is 79.1 Å². The average molecular weight is 386 g/mol. The van der Waals surface area contributed by atoms with Crippen LogP contribution < -0.4 is 4.74 Å². The summed E-state index contributed by atoms with van der Waals surface area (Å²) >= 11 is 0. The van der Waals surface area contributed by atoms with Gasteiger partial charge in [0.15, 0.2) is 5.78 Å². The first-order valence-electron chi connectivity index (χ1n) is 9.77. The first-order chi connectivity index (χ1) is 14.2. The second-order valence-electron chi connectivity index (χ2n) is 7.13. The Hall–Kier alpha value is -3.47. The van der Waals surface area contributed by atoms with Crippen LogP contribution in [0.4, 0.5) is 0 Å². The van der Waals surface area contributed by atoms with Gasteiger partial charge in [-0.05, 0) is 61.4 Å². The Morgan fingerprint density at radius 3 is 2.28 bits per heavy atom. The van der Waals surface area contributed by atoms with Crippen molar-refractivity contribution in [3.8, 4) is 11.5 Å². The summed E-state index contributed by atoms with van der Waals surface area (Å²) in [5, 5.41) is 0. The first-order valence-corrected chi connectivity index (χ1v) is 9.77. The number of aromatic nitrogens is 1. The highest BCUT2D eigenvalue weighted by atomic mass is 16.5. The predicted molar refractivity (Wildman–Crippen MR) is 110 cm³/mol. The maximum atomic E-state index is 13.0. The van der Waals surface area contributed by atoms with E-state index in [1.165, 1.54) is 0 Å². The van der Waals surface area contributed by atoms with E-state index < -0.39 is 0 Å². The monoisotopic (exact) mass is 386 g/mol. The fourth-order valence-corrected chi connectivity index (χ4v) is 3.60. The maximum absolute atomic E-state index is 13.0. The number of nitrogens with zero attached hydrogens (tertiary/aromatic N) is 2. The van der Waals surface area contributed by atoms with Crippen LogP contribution in [-0.4, -0.2) is 34.7 Å². The summed E-state index contributed by atoms with van der Waals surface area (Å²) in [5.41, 5.74) is 1.25. The lowest BCUT2D eigenvalue weighted by Crippen LogP contribution is -2.42. The van der Waals surface area contributed by atoms with Crippen molar-refractivity contribution < 1.29 is 14.3 Å². The van der Waals surface area contributed by atoms with Gasteiger partial charge in [0.2, 0.25) is 0 Å². The number of rotatable bonds is 5. The minimum absolute atomic E-state index is 0.0449. The van der Waals surface area contributed by atoms with Crippen LogP contribution in [0.5, 0.6) is 11.5 Å². The molecule has 2 heterocycles. The molecule has 29 heavy (non-hydrogen) atoms. The molecule has 1 atom stereocenters. The van der Waals surface area contributed by atoms with Gasteiger partial charge in [-0.3, -0.25) is 14.6 Å². The van der Waals surface area contributed by atoms with Gasteiger partial charge in [0, 0.05) is 42.5 Å². The van der Waals surface area contributed by atoms with E-state index >= 15 is 0 Å². The number of ether oxygens (including phenoxy) is 1. The summed E-state index contributed by atoms with van der Waals surface area (Å²) < 4.78 is 5.79. The van der Waals surface area contributed by atoms with Gasteiger partial charge in [-0.1, -0.05) is 18.2 Å². The third-order valence-electron chi connectivity index (χ3n) is 5.12. The van der Waals surface area contributed by atoms with Crippen LogP contribution in [-0.2, 0) is 0 Å². The van der Waals surface area contributed by atoms with Crippen molar-refractivity contribution in [2.45, 2.75) is 12.8 Å². The van der Waals surface area contributed by atoms with Crippen LogP contribution in [0.25, 0.3) is 0 Å². The van der Waals surface area contributed by atoms with E-state index in [2.05, 4.69) is 4.98 Å². The van der Waals surface area contributed by atoms with Gasteiger partial charge in [0.05, 0.1) is 0 Å². The number of Topliss-reactive ketones (excluding diaryl/α,β-unsaturated/α-hetero) is 1. The number of para-hydroxylation sites is 1. The van der Waals surface area contributed by atoms with Gasteiger partial charge < -0.3 is 9.64 Å². The summed E-state index contributed by atoms with van der Waals surface area (Å²) in [4.78, 5) is 31.4.